The Bertz CT molecular complexity index is 134. The van der Waals surface area contributed by atoms with Crippen LogP contribution < -0.4 is 1.34 Å². The Morgan fingerprint density at radius 3 is 2.14 bits per heavy atom. The van der Waals surface area contributed by atoms with Crippen LogP contribution in [0.1, 0.15) is 0 Å². The molecule has 0 fully saturated rings. The van der Waals surface area contributed by atoms with E-state index in [1.54, 1.807) is 0 Å². The van der Waals surface area contributed by atoms with E-state index < -0.39 is 0 Å². The van der Waals surface area contributed by atoms with E-state index in [9.17, 15) is 0 Å². The summed E-state index contributed by atoms with van der Waals surface area (Å²) in [4.78, 5) is 0. The molecule has 0 N–H and O–H groups in total. The second kappa shape index (κ2) is 2.76. The summed E-state index contributed by atoms with van der Waals surface area (Å²) in [5.74, 6) is 0. The molecule has 0 saturated heterocycles. The topological polar surface area (TPSA) is 0 Å². The number of hydrogen-bond donors (Lipinski definition) is 0. The van der Waals surface area contributed by atoms with Crippen molar-refractivity contribution in [3.05, 3.63) is 30.3 Å². The van der Waals surface area contributed by atoms with E-state index in [4.69, 9.17) is 0 Å². The fourth-order valence-corrected chi connectivity index (χ4v) is 0.741. The summed E-state index contributed by atoms with van der Waals surface area (Å²) in [5, 5.41) is 0. The van der Waals surface area contributed by atoms with Crippen molar-refractivity contribution in [3.8, 4) is 0 Å². The van der Waals surface area contributed by atoms with Gasteiger partial charge in [-0.2, -0.15) is 0 Å². The van der Waals surface area contributed by atoms with E-state index in [2.05, 4.69) is 6.07 Å². The van der Waals surface area contributed by atoms with Crippen LogP contribution in [0.3, 0.4) is 0 Å². The molecule has 1 aromatic rings. The zero-order chi connectivity index (χ0) is 5.11. The van der Waals surface area contributed by atoms with Crippen LogP contribution >= 0.6 is 0 Å². The monoisotopic (exact) mass is 234 g/mol. The summed E-state index contributed by atoms with van der Waals surface area (Å²) >= 11 is 1.88. The summed E-state index contributed by atoms with van der Waals surface area (Å²) in [6.45, 7) is 0. The van der Waals surface area contributed by atoms with E-state index in [-0.39, 0.29) is 0 Å². The van der Waals surface area contributed by atoms with E-state index in [1.807, 2.05) is 62.2 Å². The van der Waals surface area contributed by atoms with Crippen molar-refractivity contribution in [3.63, 3.8) is 0 Å². The zero-order valence-electron chi connectivity index (χ0n) is 3.66. The van der Waals surface area contributed by atoms with Gasteiger partial charge in [-0.25, -0.2) is 0 Å². The van der Waals surface area contributed by atoms with Gasteiger partial charge in [0, 0.05) is 0 Å². The standard InChI is InChI=1S/C6H4.Gd/c1-2-4-6-5-3-1;/h1-2,5-6H;. The molecule has 1 radical (unpaired) electrons. The molecule has 1 heteroatoms. The molecule has 0 aliphatic heterocycles. The van der Waals surface area contributed by atoms with Crippen LogP contribution in [0.5, 0.6) is 0 Å². The summed E-state index contributed by atoms with van der Waals surface area (Å²) in [6.07, 6.45) is 0. The summed E-state index contributed by atoms with van der Waals surface area (Å²) in [5.41, 5.74) is 0. The third kappa shape index (κ3) is 1.85. The fraction of sp³-hybridized carbons (Fsp3) is 0. The number of rotatable bonds is 0. The Hall–Kier alpha value is 0.545. The van der Waals surface area contributed by atoms with Gasteiger partial charge < -0.3 is 0 Å². The normalized spacial score (nSPS) is 8.71. The van der Waals surface area contributed by atoms with E-state index in [1.165, 1.54) is 1.34 Å². The Kier molecular flexibility index (Phi) is 2.24. The van der Waals surface area contributed by atoms with E-state index in [0.29, 0.717) is 0 Å². The first-order valence-corrected chi connectivity index (χ1v) is 3.13. The van der Waals surface area contributed by atoms with Gasteiger partial charge in [-0.05, 0) is 0 Å². The van der Waals surface area contributed by atoms with Gasteiger partial charge in [0.15, 0.2) is 0 Å². The van der Waals surface area contributed by atoms with Crippen LogP contribution in [0.25, 0.3) is 0 Å². The molecule has 0 saturated carbocycles. The van der Waals surface area contributed by atoms with Crippen LogP contribution in [-0.4, -0.2) is 0 Å². The minimum absolute atomic E-state index is 1.32. The van der Waals surface area contributed by atoms with E-state index >= 15 is 0 Å². The molecular weight excluding hydrogens is 229 g/mol. The molecule has 7 heavy (non-hydrogen) atoms. The Balaban J connectivity index is 3.02. The van der Waals surface area contributed by atoms with Crippen LogP contribution in [0, 0.1) is 44.0 Å². The molecule has 0 bridgehead atoms. The fourth-order valence-electron chi connectivity index (χ4n) is 0.362. The minimum atomic E-state index is 1.32. The van der Waals surface area contributed by atoms with Crippen molar-refractivity contribution in [2.45, 2.75) is 0 Å². The Labute approximate surface area is 68.9 Å². The first-order valence-electron chi connectivity index (χ1n) is 2.00. The van der Waals surface area contributed by atoms with Gasteiger partial charge >= 0.3 is 69.6 Å². The first-order chi connectivity index (χ1) is 3.39. The predicted molar refractivity (Wildman–Crippen MR) is 24.9 cm³/mol. The van der Waals surface area contributed by atoms with Crippen molar-refractivity contribution in [1.29, 1.82) is 0 Å². The second-order valence-corrected chi connectivity index (χ2v) is 2.51. The third-order valence-corrected chi connectivity index (χ3v) is 1.43. The second-order valence-electron chi connectivity index (χ2n) is 1.20. The first kappa shape index (κ1) is 5.68. The maximum atomic E-state index is 2.94. The average molecular weight is 233 g/mol. The van der Waals surface area contributed by atoms with Crippen molar-refractivity contribution >= 4 is 1.34 Å². The third-order valence-electron chi connectivity index (χ3n) is 0.669. The Morgan fingerprint density at radius 2 is 1.86 bits per heavy atom. The van der Waals surface area contributed by atoms with Gasteiger partial charge in [-0.3, -0.25) is 0 Å². The molecule has 0 atom stereocenters. The average Bonchev–Trinajstić information content (AvgIpc) is 1.69. The van der Waals surface area contributed by atoms with Crippen molar-refractivity contribution < 1.29 is 37.9 Å². The van der Waals surface area contributed by atoms with Crippen molar-refractivity contribution in [2.24, 2.45) is 0 Å². The molecule has 1 aromatic carbocycles. The van der Waals surface area contributed by atoms with E-state index in [0.717, 1.165) is 0 Å². The molecule has 0 amide bonds. The summed E-state index contributed by atoms with van der Waals surface area (Å²) in [6, 6.07) is 10.9. The maximum absolute atomic E-state index is 2.94. The molecule has 0 aliphatic rings. The molecular formula is C6H4Gd. The summed E-state index contributed by atoms with van der Waals surface area (Å²) in [7, 11) is 0. The molecule has 0 aliphatic carbocycles. The predicted octanol–water partition coefficient (Wildman–Crippen LogP) is 0.661. The van der Waals surface area contributed by atoms with Gasteiger partial charge in [0.05, 0.1) is 0 Å². The summed E-state index contributed by atoms with van der Waals surface area (Å²) < 4.78 is 1.32. The van der Waals surface area contributed by atoms with Crippen LogP contribution in [0.4, 0.5) is 0 Å². The van der Waals surface area contributed by atoms with Gasteiger partial charge in [-0.1, -0.05) is 0 Å². The molecule has 36 valence electrons. The molecule has 1 rings (SSSR count). The Morgan fingerprint density at radius 1 is 1.29 bits per heavy atom. The molecule has 0 nitrogen and oxygen atoms in total. The van der Waals surface area contributed by atoms with Gasteiger partial charge in [-0.15, -0.1) is 0 Å². The van der Waals surface area contributed by atoms with Crippen LogP contribution in [0.2, 0.25) is 0 Å². The zero-order valence-corrected chi connectivity index (χ0v) is 5.93. The van der Waals surface area contributed by atoms with Crippen LogP contribution in [0.15, 0.2) is 24.3 Å². The molecule has 0 unspecified atom stereocenters. The molecule has 0 aromatic heterocycles. The van der Waals surface area contributed by atoms with Crippen molar-refractivity contribution in [1.82, 2.24) is 0 Å². The van der Waals surface area contributed by atoms with Gasteiger partial charge in [0.25, 0.3) is 0 Å². The van der Waals surface area contributed by atoms with Crippen LogP contribution in [-0.2, 0) is 0 Å². The SMILES string of the molecule is [Gd][c]1cc[c]cc1. The number of hydrogen-bond acceptors (Lipinski definition) is 0. The van der Waals surface area contributed by atoms with Gasteiger partial charge in [0.2, 0.25) is 0 Å². The molecule has 0 spiro atoms. The van der Waals surface area contributed by atoms with Gasteiger partial charge in [0.1, 0.15) is 0 Å². The molecule has 0 heterocycles. The van der Waals surface area contributed by atoms with Crippen molar-refractivity contribution in [2.75, 3.05) is 0 Å². The quantitative estimate of drug-likeness (QED) is 0.617. The number of benzene rings is 1.